The molecule has 0 bridgehead atoms. The molecule has 228 valence electrons. The van der Waals surface area contributed by atoms with Crippen LogP contribution in [0.1, 0.15) is 31.4 Å². The van der Waals surface area contributed by atoms with Crippen molar-refractivity contribution in [2.45, 2.75) is 57.3 Å². The highest BCUT2D eigenvalue weighted by Gasteiger charge is 2.31. The van der Waals surface area contributed by atoms with Crippen LogP contribution in [-0.2, 0) is 32.0 Å². The van der Waals surface area contributed by atoms with Crippen LogP contribution >= 0.6 is 12.6 Å². The van der Waals surface area contributed by atoms with E-state index >= 15 is 0 Å². The van der Waals surface area contributed by atoms with Gasteiger partial charge < -0.3 is 36.8 Å². The summed E-state index contributed by atoms with van der Waals surface area (Å²) in [7, 11) is 0. The standard InChI is InChI=1S/C31H38N6O5S/c1-17(2)11-22(32)28(38)37-27(16-43)30(40)35-25(12-18-14-33-23-9-5-3-7-20(18)23)29(39)36-26(31(41)42)13-19-15-34-24-10-6-4-8-21(19)24/h3-10,14-15,17,22,25-27,33-34,43H,11-13,16,32H2,1-2H3,(H,35,40)(H,36,39)(H,37,38)(H,41,42). The first-order valence-corrected chi connectivity index (χ1v) is 14.8. The van der Waals surface area contributed by atoms with E-state index in [9.17, 15) is 24.3 Å². The predicted octanol–water partition coefficient (Wildman–Crippen LogP) is 2.28. The molecular formula is C31H38N6O5S. The van der Waals surface area contributed by atoms with Gasteiger partial charge in [-0.15, -0.1) is 0 Å². The number of carbonyl (C=O) groups excluding carboxylic acids is 3. The van der Waals surface area contributed by atoms with E-state index in [1.165, 1.54) is 0 Å². The highest BCUT2D eigenvalue weighted by atomic mass is 32.1. The third kappa shape index (κ3) is 7.96. The first kappa shape index (κ1) is 31.6. The van der Waals surface area contributed by atoms with Crippen molar-refractivity contribution in [2.24, 2.45) is 11.7 Å². The number of nitrogens with two attached hydrogens (primary N) is 1. The number of thiol groups is 1. The second-order valence-corrected chi connectivity index (χ2v) is 11.4. The van der Waals surface area contributed by atoms with E-state index in [1.807, 2.05) is 62.4 Å². The SMILES string of the molecule is CC(C)CC(N)C(=O)NC(CS)C(=O)NC(Cc1c[nH]c2ccccc12)C(=O)NC(Cc1c[nH]c2ccccc12)C(=O)O. The first-order valence-electron chi connectivity index (χ1n) is 14.2. The third-order valence-corrected chi connectivity index (χ3v) is 7.69. The Morgan fingerprint density at radius 3 is 1.74 bits per heavy atom. The molecule has 2 heterocycles. The van der Waals surface area contributed by atoms with E-state index in [-0.39, 0.29) is 24.5 Å². The molecule has 4 aromatic rings. The molecule has 8 N–H and O–H groups in total. The fourth-order valence-electron chi connectivity index (χ4n) is 5.08. The summed E-state index contributed by atoms with van der Waals surface area (Å²) >= 11 is 4.24. The van der Waals surface area contributed by atoms with Crippen molar-refractivity contribution in [3.8, 4) is 0 Å². The second-order valence-electron chi connectivity index (χ2n) is 11.1. The number of benzene rings is 2. The van der Waals surface area contributed by atoms with E-state index < -0.39 is 47.9 Å². The number of carboxylic acid groups (broad SMARTS) is 1. The molecular weight excluding hydrogens is 568 g/mol. The van der Waals surface area contributed by atoms with E-state index in [2.05, 4.69) is 38.5 Å². The van der Waals surface area contributed by atoms with Gasteiger partial charge in [-0.05, 0) is 35.6 Å². The summed E-state index contributed by atoms with van der Waals surface area (Å²) in [5, 5.41) is 19.7. The number of H-pyrrole nitrogens is 2. The minimum absolute atomic E-state index is 0.0297. The zero-order valence-electron chi connectivity index (χ0n) is 24.1. The molecule has 0 spiro atoms. The molecule has 0 fully saturated rings. The van der Waals surface area contributed by atoms with Crippen LogP contribution in [0.4, 0.5) is 0 Å². The van der Waals surface area contributed by atoms with Crippen LogP contribution in [0, 0.1) is 5.92 Å². The Balaban J connectivity index is 1.55. The fourth-order valence-corrected chi connectivity index (χ4v) is 5.34. The molecule has 43 heavy (non-hydrogen) atoms. The number of carbonyl (C=O) groups is 4. The van der Waals surface area contributed by atoms with Crippen molar-refractivity contribution in [1.29, 1.82) is 0 Å². The molecule has 4 unspecified atom stereocenters. The number of nitrogens with one attached hydrogen (secondary N) is 5. The topological polar surface area (TPSA) is 182 Å². The lowest BCUT2D eigenvalue weighted by Gasteiger charge is -2.25. The van der Waals surface area contributed by atoms with Crippen molar-refractivity contribution >= 4 is 58.1 Å². The predicted molar refractivity (Wildman–Crippen MR) is 169 cm³/mol. The Morgan fingerprint density at radius 1 is 0.767 bits per heavy atom. The van der Waals surface area contributed by atoms with Gasteiger partial charge in [0.2, 0.25) is 17.7 Å². The number of rotatable bonds is 14. The average Bonchev–Trinajstić information content (AvgIpc) is 3.58. The largest absolute Gasteiger partial charge is 0.480 e. The molecule has 2 aromatic carbocycles. The normalized spacial score (nSPS) is 14.3. The van der Waals surface area contributed by atoms with Gasteiger partial charge in [-0.25, -0.2) is 4.79 Å². The third-order valence-electron chi connectivity index (χ3n) is 7.32. The van der Waals surface area contributed by atoms with E-state index in [0.29, 0.717) is 6.42 Å². The molecule has 0 saturated heterocycles. The van der Waals surface area contributed by atoms with Crippen molar-refractivity contribution in [2.75, 3.05) is 5.75 Å². The van der Waals surface area contributed by atoms with Crippen LogP contribution in [-0.4, -0.2) is 68.7 Å². The second kappa shape index (κ2) is 14.3. The van der Waals surface area contributed by atoms with E-state index in [1.54, 1.807) is 12.4 Å². The van der Waals surface area contributed by atoms with Gasteiger partial charge in [0.15, 0.2) is 0 Å². The van der Waals surface area contributed by atoms with Gasteiger partial charge in [0.25, 0.3) is 0 Å². The number of aromatic nitrogens is 2. The first-order chi connectivity index (χ1) is 20.6. The van der Waals surface area contributed by atoms with Crippen LogP contribution in [0.25, 0.3) is 21.8 Å². The number of carboxylic acids is 1. The van der Waals surface area contributed by atoms with Gasteiger partial charge >= 0.3 is 5.97 Å². The Bertz CT molecular complexity index is 1600. The summed E-state index contributed by atoms with van der Waals surface area (Å²) in [6, 6.07) is 10.7. The summed E-state index contributed by atoms with van der Waals surface area (Å²) in [5.74, 6) is -2.87. The molecule has 2 aromatic heterocycles. The number of aliphatic carboxylic acids is 1. The van der Waals surface area contributed by atoms with Crippen molar-refractivity contribution in [1.82, 2.24) is 25.9 Å². The van der Waals surface area contributed by atoms with Gasteiger partial charge in [0.05, 0.1) is 6.04 Å². The van der Waals surface area contributed by atoms with Gasteiger partial charge in [0, 0.05) is 52.8 Å². The van der Waals surface area contributed by atoms with Crippen LogP contribution in [0.3, 0.4) is 0 Å². The lowest BCUT2D eigenvalue weighted by Crippen LogP contribution is -2.58. The summed E-state index contributed by atoms with van der Waals surface area (Å²) in [4.78, 5) is 58.2. The molecule has 0 saturated carbocycles. The maximum absolute atomic E-state index is 13.7. The highest BCUT2D eigenvalue weighted by molar-refractivity contribution is 7.80. The van der Waals surface area contributed by atoms with Gasteiger partial charge in [0.1, 0.15) is 18.1 Å². The Kier molecular flexibility index (Phi) is 10.5. The van der Waals surface area contributed by atoms with Crippen LogP contribution in [0.5, 0.6) is 0 Å². The molecule has 0 aliphatic rings. The smallest absolute Gasteiger partial charge is 0.326 e. The average molecular weight is 607 g/mol. The minimum Gasteiger partial charge on any atom is -0.480 e. The molecule has 0 aliphatic carbocycles. The quantitative estimate of drug-likeness (QED) is 0.102. The summed E-state index contributed by atoms with van der Waals surface area (Å²) in [6.07, 6.45) is 4.01. The Hall–Kier alpha value is -4.29. The Labute approximate surface area is 254 Å². The zero-order chi connectivity index (χ0) is 31.1. The Morgan fingerprint density at radius 2 is 1.23 bits per heavy atom. The van der Waals surface area contributed by atoms with E-state index in [0.717, 1.165) is 32.9 Å². The number of fused-ring (bicyclic) bond motifs is 2. The number of hydrogen-bond donors (Lipinski definition) is 8. The maximum Gasteiger partial charge on any atom is 0.326 e. The van der Waals surface area contributed by atoms with Crippen molar-refractivity contribution in [3.05, 3.63) is 72.1 Å². The number of para-hydroxylation sites is 2. The maximum atomic E-state index is 13.7. The van der Waals surface area contributed by atoms with Gasteiger partial charge in [-0.1, -0.05) is 50.2 Å². The number of hydrogen-bond acceptors (Lipinski definition) is 6. The van der Waals surface area contributed by atoms with Crippen LogP contribution in [0.15, 0.2) is 60.9 Å². The van der Waals surface area contributed by atoms with Crippen LogP contribution < -0.4 is 21.7 Å². The minimum atomic E-state index is -1.26. The van der Waals surface area contributed by atoms with E-state index in [4.69, 9.17) is 5.73 Å². The molecule has 12 heteroatoms. The van der Waals surface area contributed by atoms with Crippen molar-refractivity contribution < 1.29 is 24.3 Å². The van der Waals surface area contributed by atoms with Crippen molar-refractivity contribution in [3.63, 3.8) is 0 Å². The monoisotopic (exact) mass is 606 g/mol. The van der Waals surface area contributed by atoms with Crippen LogP contribution in [0.2, 0.25) is 0 Å². The molecule has 0 radical (unpaired) electrons. The molecule has 4 rings (SSSR count). The molecule has 4 atom stereocenters. The molecule has 0 aliphatic heterocycles. The highest BCUT2D eigenvalue weighted by Crippen LogP contribution is 2.21. The van der Waals surface area contributed by atoms with Gasteiger partial charge in [-0.2, -0.15) is 12.6 Å². The fraction of sp³-hybridized carbons (Fsp3) is 0.355. The van der Waals surface area contributed by atoms with Gasteiger partial charge in [-0.3, -0.25) is 14.4 Å². The summed E-state index contributed by atoms with van der Waals surface area (Å²) in [5.41, 5.74) is 9.18. The lowest BCUT2D eigenvalue weighted by atomic mass is 10.0. The number of amides is 3. The summed E-state index contributed by atoms with van der Waals surface area (Å²) in [6.45, 7) is 3.87. The lowest BCUT2D eigenvalue weighted by molar-refractivity contribution is -0.142. The zero-order valence-corrected chi connectivity index (χ0v) is 25.0. The molecule has 3 amide bonds. The summed E-state index contributed by atoms with van der Waals surface area (Å²) < 4.78 is 0. The molecule has 11 nitrogen and oxygen atoms in total. The number of aromatic amines is 2.